The Morgan fingerprint density at radius 2 is 1.90 bits per heavy atom. The molecule has 1 aromatic rings. The van der Waals surface area contributed by atoms with Crippen molar-refractivity contribution in [3.8, 4) is 0 Å². The maximum absolute atomic E-state index is 12.5. The zero-order valence-electron chi connectivity index (χ0n) is 13.2. The van der Waals surface area contributed by atoms with E-state index < -0.39 is 5.54 Å². The average Bonchev–Trinajstić information content (AvgIpc) is 2.82. The molecule has 114 valence electrons. The lowest BCUT2D eigenvalue weighted by Crippen LogP contribution is -2.44. The minimum atomic E-state index is -0.438. The van der Waals surface area contributed by atoms with E-state index in [4.69, 9.17) is 0 Å². The number of carbonyl (C=O) groups excluding carboxylic acids is 2. The normalized spacial score (nSPS) is 19.2. The predicted octanol–water partition coefficient (Wildman–Crippen LogP) is 2.29. The van der Waals surface area contributed by atoms with Crippen LogP contribution in [0.25, 0.3) is 0 Å². The molecular weight excluding hydrogens is 264 g/mol. The van der Waals surface area contributed by atoms with Crippen LogP contribution in [-0.4, -0.2) is 29.3 Å². The second-order valence-electron chi connectivity index (χ2n) is 6.52. The third kappa shape index (κ3) is 3.43. The van der Waals surface area contributed by atoms with Gasteiger partial charge in [0, 0.05) is 19.0 Å². The molecular formula is C17H24N2O2. The van der Waals surface area contributed by atoms with E-state index in [-0.39, 0.29) is 23.8 Å². The minimum absolute atomic E-state index is 0.0413. The monoisotopic (exact) mass is 288 g/mol. The van der Waals surface area contributed by atoms with Crippen molar-refractivity contribution in [2.45, 2.75) is 45.7 Å². The van der Waals surface area contributed by atoms with Gasteiger partial charge in [-0.25, -0.2) is 0 Å². The summed E-state index contributed by atoms with van der Waals surface area (Å²) in [5.41, 5.74) is 0.621. The molecule has 2 amide bonds. The van der Waals surface area contributed by atoms with Gasteiger partial charge in [-0.3, -0.25) is 9.59 Å². The summed E-state index contributed by atoms with van der Waals surface area (Å²) < 4.78 is 0. The fourth-order valence-corrected chi connectivity index (χ4v) is 2.74. The van der Waals surface area contributed by atoms with Crippen LogP contribution in [0.3, 0.4) is 0 Å². The summed E-state index contributed by atoms with van der Waals surface area (Å²) in [5, 5.41) is 3.08. The van der Waals surface area contributed by atoms with Crippen molar-refractivity contribution < 1.29 is 9.59 Å². The zero-order valence-corrected chi connectivity index (χ0v) is 13.2. The molecule has 1 N–H and O–H groups in total. The number of hydrogen-bond donors (Lipinski definition) is 1. The Kier molecular flexibility index (Phi) is 4.35. The van der Waals surface area contributed by atoms with Crippen LogP contribution in [0.1, 0.15) is 39.7 Å². The van der Waals surface area contributed by atoms with E-state index in [0.717, 1.165) is 5.56 Å². The molecule has 0 unspecified atom stereocenters. The molecule has 4 heteroatoms. The van der Waals surface area contributed by atoms with Crippen LogP contribution in [-0.2, 0) is 15.1 Å². The van der Waals surface area contributed by atoms with E-state index in [2.05, 4.69) is 5.32 Å². The Balaban J connectivity index is 2.04. The Hall–Kier alpha value is -1.84. The zero-order chi connectivity index (χ0) is 15.6. The second-order valence-corrected chi connectivity index (χ2v) is 6.52. The number of carbonyl (C=O) groups is 2. The molecule has 4 nitrogen and oxygen atoms in total. The first-order chi connectivity index (χ1) is 9.81. The van der Waals surface area contributed by atoms with Gasteiger partial charge in [-0.2, -0.15) is 0 Å². The van der Waals surface area contributed by atoms with Gasteiger partial charge in [-0.15, -0.1) is 0 Å². The van der Waals surface area contributed by atoms with E-state index in [1.54, 1.807) is 4.90 Å². The molecule has 0 aromatic heterocycles. The van der Waals surface area contributed by atoms with Gasteiger partial charge >= 0.3 is 0 Å². The molecule has 2 rings (SSSR count). The summed E-state index contributed by atoms with van der Waals surface area (Å²) in [5.74, 6) is -0.217. The largest absolute Gasteiger partial charge is 0.347 e. The lowest BCUT2D eigenvalue weighted by molar-refractivity contribution is -0.130. The van der Waals surface area contributed by atoms with Gasteiger partial charge in [0.1, 0.15) is 0 Å². The lowest BCUT2D eigenvalue weighted by atomic mass is 9.93. The quantitative estimate of drug-likeness (QED) is 0.924. The second kappa shape index (κ2) is 5.88. The van der Waals surface area contributed by atoms with E-state index >= 15 is 0 Å². The molecule has 1 atom stereocenters. The van der Waals surface area contributed by atoms with Crippen molar-refractivity contribution in [1.82, 2.24) is 10.2 Å². The van der Waals surface area contributed by atoms with Crippen LogP contribution in [0, 0.1) is 5.92 Å². The Labute approximate surface area is 126 Å². The fourth-order valence-electron chi connectivity index (χ4n) is 2.74. The summed E-state index contributed by atoms with van der Waals surface area (Å²) in [6, 6.07) is 10.0. The van der Waals surface area contributed by atoms with E-state index in [1.807, 2.05) is 58.0 Å². The van der Waals surface area contributed by atoms with Gasteiger partial charge in [-0.05, 0) is 33.3 Å². The van der Waals surface area contributed by atoms with Crippen LogP contribution in [0.4, 0.5) is 0 Å². The van der Waals surface area contributed by atoms with Crippen molar-refractivity contribution in [3.63, 3.8) is 0 Å². The SMILES string of the molecule is CC(C)N1C[C@H](C(=O)NC(C)(C)c2ccccc2)CC1=O. The van der Waals surface area contributed by atoms with Crippen molar-refractivity contribution in [3.05, 3.63) is 35.9 Å². The van der Waals surface area contributed by atoms with Crippen molar-refractivity contribution in [2.24, 2.45) is 5.92 Å². The van der Waals surface area contributed by atoms with E-state index in [0.29, 0.717) is 13.0 Å². The number of rotatable bonds is 4. The highest BCUT2D eigenvalue weighted by molar-refractivity contribution is 5.89. The van der Waals surface area contributed by atoms with Gasteiger partial charge in [0.15, 0.2) is 0 Å². The van der Waals surface area contributed by atoms with Crippen LogP contribution in [0.5, 0.6) is 0 Å². The molecule has 1 heterocycles. The molecule has 1 fully saturated rings. The Bertz CT molecular complexity index is 523. The average molecular weight is 288 g/mol. The molecule has 0 spiro atoms. The minimum Gasteiger partial charge on any atom is -0.347 e. The predicted molar refractivity (Wildman–Crippen MR) is 82.6 cm³/mol. The molecule has 1 aliphatic heterocycles. The standard InChI is InChI=1S/C17H24N2O2/c1-12(2)19-11-13(10-15(19)20)16(21)18-17(3,4)14-8-6-5-7-9-14/h5-9,12-13H,10-11H2,1-4H3,(H,18,21)/t13-/m1/s1. The topological polar surface area (TPSA) is 49.4 Å². The number of nitrogens with zero attached hydrogens (tertiary/aromatic N) is 1. The highest BCUT2D eigenvalue weighted by Crippen LogP contribution is 2.24. The molecule has 0 bridgehead atoms. The smallest absolute Gasteiger partial charge is 0.226 e. The first-order valence-corrected chi connectivity index (χ1v) is 7.48. The number of amides is 2. The summed E-state index contributed by atoms with van der Waals surface area (Å²) in [6.45, 7) is 8.44. The maximum atomic E-state index is 12.5. The Morgan fingerprint density at radius 3 is 2.43 bits per heavy atom. The van der Waals surface area contributed by atoms with Gasteiger partial charge in [-0.1, -0.05) is 30.3 Å². The van der Waals surface area contributed by atoms with Crippen LogP contribution >= 0.6 is 0 Å². The number of likely N-dealkylation sites (tertiary alicyclic amines) is 1. The van der Waals surface area contributed by atoms with Crippen molar-refractivity contribution in [2.75, 3.05) is 6.54 Å². The molecule has 0 aliphatic carbocycles. The molecule has 1 saturated heterocycles. The highest BCUT2D eigenvalue weighted by atomic mass is 16.2. The van der Waals surface area contributed by atoms with Crippen LogP contribution in [0.15, 0.2) is 30.3 Å². The van der Waals surface area contributed by atoms with E-state index in [1.165, 1.54) is 0 Å². The third-order valence-electron chi connectivity index (χ3n) is 4.08. The number of nitrogens with one attached hydrogen (secondary N) is 1. The molecule has 1 aliphatic rings. The van der Waals surface area contributed by atoms with E-state index in [9.17, 15) is 9.59 Å². The molecule has 1 aromatic carbocycles. The highest BCUT2D eigenvalue weighted by Gasteiger charge is 2.37. The fraction of sp³-hybridized carbons (Fsp3) is 0.529. The summed E-state index contributed by atoms with van der Waals surface area (Å²) >= 11 is 0. The summed E-state index contributed by atoms with van der Waals surface area (Å²) in [6.07, 6.45) is 0.314. The number of hydrogen-bond acceptors (Lipinski definition) is 2. The summed E-state index contributed by atoms with van der Waals surface area (Å²) in [7, 11) is 0. The maximum Gasteiger partial charge on any atom is 0.226 e. The van der Waals surface area contributed by atoms with Crippen molar-refractivity contribution >= 4 is 11.8 Å². The van der Waals surface area contributed by atoms with Gasteiger partial charge in [0.2, 0.25) is 11.8 Å². The van der Waals surface area contributed by atoms with Gasteiger partial charge in [0.05, 0.1) is 11.5 Å². The molecule has 21 heavy (non-hydrogen) atoms. The summed E-state index contributed by atoms with van der Waals surface area (Å²) in [4.78, 5) is 26.1. The first-order valence-electron chi connectivity index (χ1n) is 7.48. The lowest BCUT2D eigenvalue weighted by Gasteiger charge is -2.28. The van der Waals surface area contributed by atoms with Gasteiger partial charge in [0.25, 0.3) is 0 Å². The number of benzene rings is 1. The van der Waals surface area contributed by atoms with Crippen molar-refractivity contribution in [1.29, 1.82) is 0 Å². The van der Waals surface area contributed by atoms with Crippen LogP contribution < -0.4 is 5.32 Å². The Morgan fingerprint density at radius 1 is 1.29 bits per heavy atom. The van der Waals surface area contributed by atoms with Gasteiger partial charge < -0.3 is 10.2 Å². The first kappa shape index (κ1) is 15.5. The third-order valence-corrected chi connectivity index (χ3v) is 4.08. The van der Waals surface area contributed by atoms with Crippen LogP contribution in [0.2, 0.25) is 0 Å². The molecule has 0 radical (unpaired) electrons. The molecule has 0 saturated carbocycles.